The van der Waals surface area contributed by atoms with Crippen LogP contribution in [0.5, 0.6) is 0 Å². The summed E-state index contributed by atoms with van der Waals surface area (Å²) in [6.45, 7) is 0.895. The van der Waals surface area contributed by atoms with Gasteiger partial charge in [-0.2, -0.15) is 0 Å². The minimum absolute atomic E-state index is 0.866. The molecule has 0 radical (unpaired) electrons. The Labute approximate surface area is 191 Å². The van der Waals surface area contributed by atoms with Crippen molar-refractivity contribution in [1.29, 1.82) is 0 Å². The number of nitrogens with one attached hydrogen (secondary N) is 2. The van der Waals surface area contributed by atoms with Crippen molar-refractivity contribution in [2.75, 3.05) is 0 Å². The van der Waals surface area contributed by atoms with Crippen molar-refractivity contribution in [3.8, 4) is 0 Å². The summed E-state index contributed by atoms with van der Waals surface area (Å²) in [5.41, 5.74) is 4.97. The molecular weight excluding hydrogens is 416 g/mol. The Kier molecular flexibility index (Phi) is 6.35. The lowest BCUT2D eigenvalue weighted by Gasteiger charge is -2.10. The van der Waals surface area contributed by atoms with Crippen molar-refractivity contribution in [3.63, 3.8) is 0 Å². The Morgan fingerprint density at radius 2 is 1.75 bits per heavy atom. The second-order valence-corrected chi connectivity index (χ2v) is 8.81. The molecular formula is C25H26N6S. The molecule has 2 aromatic carbocycles. The molecule has 0 saturated carbocycles. The maximum atomic E-state index is 4.59. The molecule has 0 saturated heterocycles. The molecule has 32 heavy (non-hydrogen) atoms. The number of aromatic nitrogens is 6. The molecule has 6 nitrogen and oxygen atoms in total. The monoisotopic (exact) mass is 442 g/mol. The number of rotatable bonds is 10. The summed E-state index contributed by atoms with van der Waals surface area (Å²) in [6, 6.07) is 19.0. The number of benzene rings is 2. The second-order valence-electron chi connectivity index (χ2n) is 7.86. The van der Waals surface area contributed by atoms with Gasteiger partial charge in [0.25, 0.3) is 0 Å². The lowest BCUT2D eigenvalue weighted by atomic mass is 10.1. The number of H-pyrrole nitrogens is 2. The molecule has 3 heterocycles. The third-order valence-electron chi connectivity index (χ3n) is 5.68. The molecule has 0 aliphatic rings. The van der Waals surface area contributed by atoms with Gasteiger partial charge in [0.15, 0.2) is 5.16 Å². The number of hydrogen-bond donors (Lipinski definition) is 2. The van der Waals surface area contributed by atoms with E-state index in [2.05, 4.69) is 90.5 Å². The molecule has 0 fully saturated rings. The quantitative estimate of drug-likeness (QED) is 0.292. The number of hydrogen-bond acceptors (Lipinski definition) is 4. The van der Waals surface area contributed by atoms with E-state index in [-0.39, 0.29) is 0 Å². The number of fused-ring (bicyclic) bond motifs is 1. The average molecular weight is 443 g/mol. The molecule has 162 valence electrons. The molecule has 5 rings (SSSR count). The van der Waals surface area contributed by atoms with E-state index in [0.717, 1.165) is 54.7 Å². The van der Waals surface area contributed by atoms with E-state index in [1.807, 2.05) is 6.20 Å². The molecule has 0 amide bonds. The normalized spacial score (nSPS) is 11.4. The van der Waals surface area contributed by atoms with E-state index in [9.17, 15) is 0 Å². The molecule has 2 N–H and O–H groups in total. The molecule has 7 heteroatoms. The van der Waals surface area contributed by atoms with Gasteiger partial charge in [-0.1, -0.05) is 60.3 Å². The number of nitrogens with zero attached hydrogens (tertiary/aromatic N) is 4. The van der Waals surface area contributed by atoms with E-state index in [1.165, 1.54) is 22.0 Å². The summed E-state index contributed by atoms with van der Waals surface area (Å²) in [7, 11) is 0. The third-order valence-corrected chi connectivity index (χ3v) is 6.72. The Morgan fingerprint density at radius 3 is 2.62 bits per heavy atom. The van der Waals surface area contributed by atoms with Crippen LogP contribution in [0, 0.1) is 0 Å². The van der Waals surface area contributed by atoms with Crippen LogP contribution in [0.15, 0.2) is 78.5 Å². The molecule has 0 bridgehead atoms. The second kappa shape index (κ2) is 9.87. The highest BCUT2D eigenvalue weighted by atomic mass is 32.2. The SMILES string of the molecule is c1ccc(CSc2nnc(CCc3c[nH]c4ccccc34)n2CCCc2cnc[nH]2)cc1. The maximum absolute atomic E-state index is 4.59. The maximum Gasteiger partial charge on any atom is 0.191 e. The average Bonchev–Trinajstić information content (AvgIpc) is 3.58. The van der Waals surface area contributed by atoms with Gasteiger partial charge in [0.1, 0.15) is 5.82 Å². The number of aromatic amines is 2. The highest BCUT2D eigenvalue weighted by molar-refractivity contribution is 7.98. The zero-order valence-electron chi connectivity index (χ0n) is 17.9. The topological polar surface area (TPSA) is 75.2 Å². The predicted octanol–water partition coefficient (Wildman–Crippen LogP) is 5.19. The summed E-state index contributed by atoms with van der Waals surface area (Å²) in [5, 5.41) is 11.4. The Bertz CT molecular complexity index is 1260. The summed E-state index contributed by atoms with van der Waals surface area (Å²) in [4.78, 5) is 10.7. The molecule has 5 aromatic rings. The third kappa shape index (κ3) is 4.78. The van der Waals surface area contributed by atoms with Crippen molar-refractivity contribution >= 4 is 22.7 Å². The number of imidazole rings is 1. The molecule has 3 aromatic heterocycles. The standard InChI is InChI=1S/C25H26N6S/c1-2-7-19(8-3-1)17-32-25-30-29-24(31(25)14-6-9-21-16-26-18-28-21)13-12-20-15-27-23-11-5-4-10-22(20)23/h1-5,7-8,10-11,15-16,18,27H,6,9,12-14,17H2,(H,26,28). The first kappa shape index (κ1) is 20.6. The fraction of sp³-hybridized carbons (Fsp3) is 0.240. The summed E-state index contributed by atoms with van der Waals surface area (Å²) < 4.78 is 2.30. The van der Waals surface area contributed by atoms with Gasteiger partial charge in [-0.05, 0) is 36.5 Å². The van der Waals surface area contributed by atoms with Crippen LogP contribution in [-0.2, 0) is 31.6 Å². The van der Waals surface area contributed by atoms with E-state index in [1.54, 1.807) is 18.1 Å². The van der Waals surface area contributed by atoms with Crippen molar-refractivity contribution in [2.45, 2.75) is 43.1 Å². The van der Waals surface area contributed by atoms with E-state index in [4.69, 9.17) is 0 Å². The zero-order valence-corrected chi connectivity index (χ0v) is 18.7. The van der Waals surface area contributed by atoms with E-state index in [0.29, 0.717) is 0 Å². The van der Waals surface area contributed by atoms with Gasteiger partial charge in [-0.15, -0.1) is 10.2 Å². The first-order valence-corrected chi connectivity index (χ1v) is 12.0. The van der Waals surface area contributed by atoms with E-state index < -0.39 is 0 Å². The summed E-state index contributed by atoms with van der Waals surface area (Å²) >= 11 is 1.76. The van der Waals surface area contributed by atoms with Crippen LogP contribution in [0.3, 0.4) is 0 Å². The van der Waals surface area contributed by atoms with Crippen LogP contribution >= 0.6 is 11.8 Å². The van der Waals surface area contributed by atoms with Crippen molar-refractivity contribution in [1.82, 2.24) is 29.7 Å². The number of aryl methyl sites for hydroxylation is 3. The van der Waals surface area contributed by atoms with Gasteiger partial charge >= 0.3 is 0 Å². The van der Waals surface area contributed by atoms with Crippen LogP contribution in [0.4, 0.5) is 0 Å². The lowest BCUT2D eigenvalue weighted by molar-refractivity contribution is 0.566. The van der Waals surface area contributed by atoms with Gasteiger partial charge in [-0.3, -0.25) is 0 Å². The van der Waals surface area contributed by atoms with E-state index >= 15 is 0 Å². The number of para-hydroxylation sites is 1. The fourth-order valence-electron chi connectivity index (χ4n) is 3.99. The van der Waals surface area contributed by atoms with Crippen molar-refractivity contribution in [3.05, 3.63) is 96.0 Å². The fourth-order valence-corrected chi connectivity index (χ4v) is 4.93. The highest BCUT2D eigenvalue weighted by Gasteiger charge is 2.14. The van der Waals surface area contributed by atoms with Crippen LogP contribution in [0.25, 0.3) is 10.9 Å². The Hall–Kier alpha value is -3.32. The lowest BCUT2D eigenvalue weighted by Crippen LogP contribution is -2.08. The van der Waals surface area contributed by atoms with Gasteiger partial charge in [0.2, 0.25) is 0 Å². The highest BCUT2D eigenvalue weighted by Crippen LogP contribution is 2.24. The molecule has 0 aliphatic heterocycles. The molecule has 0 spiro atoms. The van der Waals surface area contributed by atoms with Crippen LogP contribution in [0.2, 0.25) is 0 Å². The van der Waals surface area contributed by atoms with Crippen LogP contribution in [-0.4, -0.2) is 29.7 Å². The minimum Gasteiger partial charge on any atom is -0.361 e. The first-order chi connectivity index (χ1) is 15.9. The van der Waals surface area contributed by atoms with Crippen LogP contribution < -0.4 is 0 Å². The zero-order chi connectivity index (χ0) is 21.6. The van der Waals surface area contributed by atoms with Gasteiger partial charge in [-0.25, -0.2) is 4.98 Å². The Morgan fingerprint density at radius 1 is 0.875 bits per heavy atom. The largest absolute Gasteiger partial charge is 0.361 e. The Balaban J connectivity index is 1.31. The van der Waals surface area contributed by atoms with Crippen molar-refractivity contribution < 1.29 is 0 Å². The van der Waals surface area contributed by atoms with Crippen molar-refractivity contribution in [2.24, 2.45) is 0 Å². The predicted molar refractivity (Wildman–Crippen MR) is 129 cm³/mol. The smallest absolute Gasteiger partial charge is 0.191 e. The minimum atomic E-state index is 0.866. The number of thioether (sulfide) groups is 1. The van der Waals surface area contributed by atoms with Gasteiger partial charge < -0.3 is 14.5 Å². The molecule has 0 unspecified atom stereocenters. The van der Waals surface area contributed by atoms with Gasteiger partial charge in [0, 0.05) is 47.7 Å². The summed E-state index contributed by atoms with van der Waals surface area (Å²) in [6.07, 6.45) is 9.53. The van der Waals surface area contributed by atoms with Crippen LogP contribution in [0.1, 0.15) is 29.1 Å². The molecule has 0 atom stereocenters. The summed E-state index contributed by atoms with van der Waals surface area (Å²) in [5.74, 6) is 1.94. The van der Waals surface area contributed by atoms with Gasteiger partial charge in [0.05, 0.1) is 6.33 Å². The molecule has 0 aliphatic carbocycles. The first-order valence-electron chi connectivity index (χ1n) is 11.0.